The van der Waals surface area contributed by atoms with Crippen LogP contribution in [0.4, 0.5) is 11.4 Å². The molecule has 0 aromatic heterocycles. The van der Waals surface area contributed by atoms with Crippen molar-refractivity contribution in [2.75, 3.05) is 17.7 Å². The van der Waals surface area contributed by atoms with Gasteiger partial charge in [-0.1, -0.05) is 0 Å². The van der Waals surface area contributed by atoms with Crippen molar-refractivity contribution in [3.8, 4) is 5.75 Å². The fraction of sp³-hybridized carbons (Fsp3) is 0.188. The minimum atomic E-state index is -0.327. The maximum absolute atomic E-state index is 12.1. The number of methoxy groups -OCH3 is 1. The Morgan fingerprint density at radius 2 is 1.62 bits per heavy atom. The van der Waals surface area contributed by atoms with Crippen LogP contribution >= 0.6 is 22.6 Å². The fourth-order valence-electron chi connectivity index (χ4n) is 1.79. The van der Waals surface area contributed by atoms with E-state index in [1.165, 1.54) is 0 Å². The first-order valence-electron chi connectivity index (χ1n) is 6.55. The summed E-state index contributed by atoms with van der Waals surface area (Å²) in [6.45, 7) is 1.83. The zero-order valence-corrected chi connectivity index (χ0v) is 14.0. The van der Waals surface area contributed by atoms with Gasteiger partial charge in [0.15, 0.2) is 0 Å². The van der Waals surface area contributed by atoms with E-state index in [4.69, 9.17) is 4.74 Å². The van der Waals surface area contributed by atoms with Gasteiger partial charge < -0.3 is 15.4 Å². The van der Waals surface area contributed by atoms with E-state index in [-0.39, 0.29) is 11.9 Å². The van der Waals surface area contributed by atoms with Gasteiger partial charge in [0.1, 0.15) is 11.8 Å². The number of carbonyl (C=O) groups is 1. The average molecular weight is 396 g/mol. The molecule has 0 fully saturated rings. The Kier molecular flexibility index (Phi) is 5.44. The summed E-state index contributed by atoms with van der Waals surface area (Å²) in [6, 6.07) is 14.8. The molecular formula is C16H17IN2O2. The predicted octanol–water partition coefficient (Wildman–Crippen LogP) is 3.74. The second kappa shape index (κ2) is 7.31. The number of ether oxygens (including phenoxy) is 1. The molecule has 0 unspecified atom stereocenters. The fourth-order valence-corrected chi connectivity index (χ4v) is 2.15. The van der Waals surface area contributed by atoms with Gasteiger partial charge >= 0.3 is 0 Å². The van der Waals surface area contributed by atoms with Gasteiger partial charge in [-0.25, -0.2) is 0 Å². The Labute approximate surface area is 138 Å². The molecule has 1 atom stereocenters. The van der Waals surface area contributed by atoms with Gasteiger partial charge in [-0.3, -0.25) is 4.79 Å². The number of anilines is 2. The van der Waals surface area contributed by atoms with Crippen LogP contribution in [0.2, 0.25) is 0 Å². The third-order valence-electron chi connectivity index (χ3n) is 2.98. The monoisotopic (exact) mass is 396 g/mol. The largest absolute Gasteiger partial charge is 0.497 e. The van der Waals surface area contributed by atoms with Crippen molar-refractivity contribution in [1.82, 2.24) is 0 Å². The third-order valence-corrected chi connectivity index (χ3v) is 3.70. The lowest BCUT2D eigenvalue weighted by atomic mass is 10.2. The van der Waals surface area contributed by atoms with Gasteiger partial charge in [-0.05, 0) is 78.0 Å². The van der Waals surface area contributed by atoms with Crippen molar-refractivity contribution < 1.29 is 9.53 Å². The van der Waals surface area contributed by atoms with Crippen LogP contribution in [0.1, 0.15) is 6.92 Å². The molecule has 0 heterocycles. The molecule has 110 valence electrons. The van der Waals surface area contributed by atoms with E-state index in [1.54, 1.807) is 7.11 Å². The summed E-state index contributed by atoms with van der Waals surface area (Å²) in [4.78, 5) is 12.1. The third kappa shape index (κ3) is 4.63. The number of hydrogen-bond donors (Lipinski definition) is 2. The molecule has 0 bridgehead atoms. The molecule has 0 aliphatic carbocycles. The van der Waals surface area contributed by atoms with E-state index in [1.807, 2.05) is 55.5 Å². The number of halogens is 1. The maximum atomic E-state index is 12.1. The second-order valence-corrected chi connectivity index (χ2v) is 5.84. The summed E-state index contributed by atoms with van der Waals surface area (Å²) < 4.78 is 6.25. The van der Waals surface area contributed by atoms with Gasteiger partial charge in [-0.15, -0.1) is 0 Å². The number of nitrogens with one attached hydrogen (secondary N) is 2. The molecule has 0 aliphatic rings. The molecule has 21 heavy (non-hydrogen) atoms. The van der Waals surface area contributed by atoms with Gasteiger partial charge in [0.25, 0.3) is 0 Å². The van der Waals surface area contributed by atoms with Crippen LogP contribution in [0, 0.1) is 3.57 Å². The highest BCUT2D eigenvalue weighted by Crippen LogP contribution is 2.16. The normalized spacial score (nSPS) is 11.6. The summed E-state index contributed by atoms with van der Waals surface area (Å²) >= 11 is 2.25. The Morgan fingerprint density at radius 1 is 1.05 bits per heavy atom. The Balaban J connectivity index is 1.93. The summed E-state index contributed by atoms with van der Waals surface area (Å²) in [6.07, 6.45) is 0. The standard InChI is InChI=1S/C16H17IN2O2/c1-11(18-13-5-3-12(17)4-6-13)16(20)19-14-7-9-15(21-2)10-8-14/h3-11,18H,1-2H3,(H,19,20)/t11-/m0/s1. The van der Waals surface area contributed by atoms with Gasteiger partial charge in [0.05, 0.1) is 7.11 Å². The van der Waals surface area contributed by atoms with Crippen LogP contribution in [-0.4, -0.2) is 19.1 Å². The predicted molar refractivity (Wildman–Crippen MR) is 93.9 cm³/mol. The highest BCUT2D eigenvalue weighted by molar-refractivity contribution is 14.1. The zero-order chi connectivity index (χ0) is 15.2. The van der Waals surface area contributed by atoms with E-state index in [0.717, 1.165) is 20.7 Å². The van der Waals surface area contributed by atoms with E-state index >= 15 is 0 Å². The Hall–Kier alpha value is -1.76. The van der Waals surface area contributed by atoms with Crippen LogP contribution in [0.5, 0.6) is 5.75 Å². The molecule has 4 nitrogen and oxygen atoms in total. The minimum Gasteiger partial charge on any atom is -0.497 e. The zero-order valence-electron chi connectivity index (χ0n) is 11.9. The highest BCUT2D eigenvalue weighted by atomic mass is 127. The summed E-state index contributed by atoms with van der Waals surface area (Å²) in [5, 5.41) is 6.04. The Morgan fingerprint density at radius 3 is 2.19 bits per heavy atom. The van der Waals surface area contributed by atoms with Crippen molar-refractivity contribution in [1.29, 1.82) is 0 Å². The first-order chi connectivity index (χ1) is 10.1. The molecule has 2 N–H and O–H groups in total. The van der Waals surface area contributed by atoms with Crippen molar-refractivity contribution in [2.45, 2.75) is 13.0 Å². The van der Waals surface area contributed by atoms with Crippen molar-refractivity contribution in [2.24, 2.45) is 0 Å². The molecule has 0 aliphatic heterocycles. The summed E-state index contributed by atoms with van der Waals surface area (Å²) in [5.74, 6) is 0.678. The molecule has 2 rings (SSSR count). The van der Waals surface area contributed by atoms with E-state index in [0.29, 0.717) is 0 Å². The molecule has 2 aromatic rings. The number of rotatable bonds is 5. The van der Waals surface area contributed by atoms with Gasteiger partial charge in [-0.2, -0.15) is 0 Å². The number of hydrogen-bond acceptors (Lipinski definition) is 3. The second-order valence-electron chi connectivity index (χ2n) is 4.59. The van der Waals surface area contributed by atoms with E-state index in [2.05, 4.69) is 33.2 Å². The molecule has 1 amide bonds. The van der Waals surface area contributed by atoms with Crippen LogP contribution in [-0.2, 0) is 4.79 Å². The lowest BCUT2D eigenvalue weighted by Crippen LogP contribution is -2.31. The smallest absolute Gasteiger partial charge is 0.246 e. The Bertz CT molecular complexity index is 597. The number of amides is 1. The first kappa shape index (κ1) is 15.6. The molecular weight excluding hydrogens is 379 g/mol. The van der Waals surface area contributed by atoms with Crippen LogP contribution in [0.25, 0.3) is 0 Å². The topological polar surface area (TPSA) is 50.4 Å². The van der Waals surface area contributed by atoms with Crippen molar-refractivity contribution >= 4 is 39.9 Å². The first-order valence-corrected chi connectivity index (χ1v) is 7.63. The summed E-state index contributed by atoms with van der Waals surface area (Å²) in [7, 11) is 1.61. The molecule has 0 spiro atoms. The maximum Gasteiger partial charge on any atom is 0.246 e. The van der Waals surface area contributed by atoms with Crippen LogP contribution < -0.4 is 15.4 Å². The number of benzene rings is 2. The minimum absolute atomic E-state index is 0.0845. The molecule has 0 radical (unpaired) electrons. The van der Waals surface area contributed by atoms with Gasteiger partial charge in [0, 0.05) is 14.9 Å². The van der Waals surface area contributed by atoms with Crippen LogP contribution in [0.3, 0.4) is 0 Å². The number of carbonyl (C=O) groups excluding carboxylic acids is 1. The average Bonchev–Trinajstić information content (AvgIpc) is 2.50. The van der Waals surface area contributed by atoms with E-state index in [9.17, 15) is 4.79 Å². The van der Waals surface area contributed by atoms with Gasteiger partial charge in [0.2, 0.25) is 5.91 Å². The summed E-state index contributed by atoms with van der Waals surface area (Å²) in [5.41, 5.74) is 1.67. The lowest BCUT2D eigenvalue weighted by Gasteiger charge is -2.15. The lowest BCUT2D eigenvalue weighted by molar-refractivity contribution is -0.116. The SMILES string of the molecule is COc1ccc(NC(=O)[C@H](C)Nc2ccc(I)cc2)cc1. The van der Waals surface area contributed by atoms with Crippen molar-refractivity contribution in [3.05, 3.63) is 52.1 Å². The molecule has 2 aromatic carbocycles. The highest BCUT2D eigenvalue weighted by Gasteiger charge is 2.12. The van der Waals surface area contributed by atoms with E-state index < -0.39 is 0 Å². The quantitative estimate of drug-likeness (QED) is 0.758. The molecule has 0 saturated carbocycles. The molecule has 0 saturated heterocycles. The van der Waals surface area contributed by atoms with Crippen LogP contribution in [0.15, 0.2) is 48.5 Å². The van der Waals surface area contributed by atoms with Crippen molar-refractivity contribution in [3.63, 3.8) is 0 Å². The molecule has 5 heteroatoms.